The topological polar surface area (TPSA) is 72.5 Å². The van der Waals surface area contributed by atoms with Gasteiger partial charge in [0.25, 0.3) is 0 Å². The lowest BCUT2D eigenvalue weighted by Crippen LogP contribution is -2.40. The van der Waals surface area contributed by atoms with Gasteiger partial charge in [0.15, 0.2) is 0 Å². The maximum atomic E-state index is 11.9. The highest BCUT2D eigenvalue weighted by atomic mass is 32.2. The fourth-order valence-corrected chi connectivity index (χ4v) is 3.84. The lowest BCUT2D eigenvalue weighted by atomic mass is 9.79. The van der Waals surface area contributed by atoms with E-state index in [9.17, 15) is 13.2 Å². The van der Waals surface area contributed by atoms with Crippen LogP contribution >= 0.6 is 0 Å². The zero-order valence-corrected chi connectivity index (χ0v) is 12.8. The molecule has 0 bridgehead atoms. The largest absolute Gasteiger partial charge is 0.469 e. The molecule has 1 aliphatic carbocycles. The van der Waals surface area contributed by atoms with Gasteiger partial charge in [-0.3, -0.25) is 4.79 Å². The Balaban J connectivity index is 2.36. The van der Waals surface area contributed by atoms with Crippen molar-refractivity contribution < 1.29 is 17.9 Å². The van der Waals surface area contributed by atoms with Crippen LogP contribution in [0.25, 0.3) is 0 Å². The molecule has 0 aromatic heterocycles. The van der Waals surface area contributed by atoms with Gasteiger partial charge >= 0.3 is 5.97 Å². The quantitative estimate of drug-likeness (QED) is 0.756. The molecule has 0 aromatic rings. The number of hydrogen-bond donors (Lipinski definition) is 1. The Hall–Kier alpha value is -0.620. The molecule has 3 atom stereocenters. The molecule has 1 fully saturated rings. The molecule has 1 N–H and O–H groups in total. The van der Waals surface area contributed by atoms with Gasteiger partial charge < -0.3 is 4.74 Å². The van der Waals surface area contributed by atoms with Crippen molar-refractivity contribution in [1.82, 2.24) is 4.72 Å². The third kappa shape index (κ3) is 5.91. The smallest absolute Gasteiger partial charge is 0.305 e. The van der Waals surface area contributed by atoms with Crippen molar-refractivity contribution in [3.8, 4) is 0 Å². The van der Waals surface area contributed by atoms with E-state index in [1.165, 1.54) is 7.11 Å². The van der Waals surface area contributed by atoms with Crippen molar-refractivity contribution >= 4 is 16.0 Å². The Morgan fingerprint density at radius 3 is 2.53 bits per heavy atom. The fraction of sp³-hybridized carbons (Fsp3) is 0.923. The molecule has 112 valence electrons. The highest BCUT2D eigenvalue weighted by molar-refractivity contribution is 7.89. The molecule has 0 radical (unpaired) electrons. The first-order valence-electron chi connectivity index (χ1n) is 6.91. The lowest BCUT2D eigenvalue weighted by molar-refractivity contribution is -0.140. The van der Waals surface area contributed by atoms with E-state index in [0.29, 0.717) is 18.3 Å². The molecule has 19 heavy (non-hydrogen) atoms. The second-order valence-electron chi connectivity index (χ2n) is 5.58. The first-order valence-corrected chi connectivity index (χ1v) is 8.56. The Morgan fingerprint density at radius 2 is 1.95 bits per heavy atom. The van der Waals surface area contributed by atoms with Crippen LogP contribution in [0.1, 0.15) is 46.0 Å². The summed E-state index contributed by atoms with van der Waals surface area (Å²) in [6.45, 7) is 4.38. The second kappa shape index (κ2) is 7.24. The molecule has 0 aromatic carbocycles. The van der Waals surface area contributed by atoms with E-state index in [4.69, 9.17) is 0 Å². The van der Waals surface area contributed by atoms with Gasteiger partial charge in [0.1, 0.15) is 0 Å². The van der Waals surface area contributed by atoms with E-state index in [0.717, 1.165) is 19.3 Å². The standard InChI is InChI=1S/C13H25NO4S/c1-10-6-7-12(9-11(10)2)14-19(16,17)8-4-5-13(15)18-3/h10-12,14H,4-9H2,1-3H3. The molecular weight excluding hydrogens is 266 g/mol. The molecule has 0 spiro atoms. The Morgan fingerprint density at radius 1 is 1.26 bits per heavy atom. The minimum Gasteiger partial charge on any atom is -0.469 e. The predicted molar refractivity (Wildman–Crippen MR) is 74.1 cm³/mol. The third-order valence-electron chi connectivity index (χ3n) is 3.97. The Bertz CT molecular complexity index is 393. The van der Waals surface area contributed by atoms with Crippen molar-refractivity contribution in [2.45, 2.75) is 52.0 Å². The first-order chi connectivity index (χ1) is 8.84. The minimum atomic E-state index is -3.28. The van der Waals surface area contributed by atoms with E-state index in [2.05, 4.69) is 23.3 Å². The number of methoxy groups -OCH3 is 1. The third-order valence-corrected chi connectivity index (χ3v) is 5.48. The number of sulfonamides is 1. The molecule has 3 unspecified atom stereocenters. The number of nitrogens with one attached hydrogen (secondary N) is 1. The Kier molecular flexibility index (Phi) is 6.26. The molecule has 5 nitrogen and oxygen atoms in total. The molecule has 0 saturated heterocycles. The minimum absolute atomic E-state index is 0.0114. The number of carbonyl (C=O) groups is 1. The van der Waals surface area contributed by atoms with Crippen LogP contribution in [0, 0.1) is 11.8 Å². The molecular formula is C13H25NO4S. The van der Waals surface area contributed by atoms with Crippen molar-refractivity contribution in [3.05, 3.63) is 0 Å². The van der Waals surface area contributed by atoms with Gasteiger partial charge in [0, 0.05) is 12.5 Å². The molecule has 0 aliphatic heterocycles. The average Bonchev–Trinajstić information content (AvgIpc) is 2.33. The van der Waals surface area contributed by atoms with Crippen molar-refractivity contribution in [2.24, 2.45) is 11.8 Å². The predicted octanol–water partition coefficient (Wildman–Crippen LogP) is 1.68. The van der Waals surface area contributed by atoms with E-state index >= 15 is 0 Å². The SMILES string of the molecule is COC(=O)CCCS(=O)(=O)NC1CCC(C)C(C)C1. The van der Waals surface area contributed by atoms with Crippen LogP contribution in [0.4, 0.5) is 0 Å². The molecule has 1 rings (SSSR count). The number of hydrogen-bond acceptors (Lipinski definition) is 4. The second-order valence-corrected chi connectivity index (χ2v) is 7.45. The van der Waals surface area contributed by atoms with Crippen LogP contribution in [-0.2, 0) is 19.6 Å². The summed E-state index contributed by atoms with van der Waals surface area (Å²) >= 11 is 0. The highest BCUT2D eigenvalue weighted by Crippen LogP contribution is 2.29. The van der Waals surface area contributed by atoms with Gasteiger partial charge in [-0.05, 0) is 37.5 Å². The molecule has 0 heterocycles. The van der Waals surface area contributed by atoms with E-state index in [-0.39, 0.29) is 24.2 Å². The van der Waals surface area contributed by atoms with E-state index < -0.39 is 10.0 Å². The van der Waals surface area contributed by atoms with Gasteiger partial charge in [-0.15, -0.1) is 0 Å². The van der Waals surface area contributed by atoms with Crippen LogP contribution < -0.4 is 4.72 Å². The molecule has 1 saturated carbocycles. The van der Waals surface area contributed by atoms with Gasteiger partial charge in [0.05, 0.1) is 12.9 Å². The van der Waals surface area contributed by atoms with Crippen molar-refractivity contribution in [1.29, 1.82) is 0 Å². The summed E-state index contributed by atoms with van der Waals surface area (Å²) in [6.07, 6.45) is 3.33. The maximum Gasteiger partial charge on any atom is 0.305 e. The van der Waals surface area contributed by atoms with Crippen LogP contribution in [0.5, 0.6) is 0 Å². The molecule has 0 amide bonds. The van der Waals surface area contributed by atoms with E-state index in [1.54, 1.807) is 0 Å². The van der Waals surface area contributed by atoms with E-state index in [1.807, 2.05) is 0 Å². The van der Waals surface area contributed by atoms with Crippen LogP contribution in [0.2, 0.25) is 0 Å². The van der Waals surface area contributed by atoms with Gasteiger partial charge in [-0.1, -0.05) is 13.8 Å². The number of carbonyl (C=O) groups excluding carboxylic acids is 1. The van der Waals surface area contributed by atoms with Crippen molar-refractivity contribution in [2.75, 3.05) is 12.9 Å². The lowest BCUT2D eigenvalue weighted by Gasteiger charge is -2.32. The maximum absolute atomic E-state index is 11.9. The van der Waals surface area contributed by atoms with Crippen LogP contribution in [-0.4, -0.2) is 33.3 Å². The first kappa shape index (κ1) is 16.4. The summed E-state index contributed by atoms with van der Waals surface area (Å²) in [5, 5.41) is 0. The zero-order chi connectivity index (χ0) is 14.5. The molecule has 1 aliphatic rings. The normalized spacial score (nSPS) is 28.1. The average molecular weight is 291 g/mol. The van der Waals surface area contributed by atoms with Gasteiger partial charge in [-0.2, -0.15) is 0 Å². The fourth-order valence-electron chi connectivity index (χ4n) is 2.48. The number of ether oxygens (including phenoxy) is 1. The molecule has 6 heteroatoms. The monoisotopic (exact) mass is 291 g/mol. The summed E-state index contributed by atoms with van der Waals surface area (Å²) in [7, 11) is -1.98. The van der Waals surface area contributed by atoms with Crippen LogP contribution in [0.15, 0.2) is 0 Å². The number of rotatable bonds is 6. The van der Waals surface area contributed by atoms with Crippen molar-refractivity contribution in [3.63, 3.8) is 0 Å². The zero-order valence-electron chi connectivity index (χ0n) is 12.0. The summed E-state index contributed by atoms with van der Waals surface area (Å²) in [4.78, 5) is 10.9. The van der Waals surface area contributed by atoms with Gasteiger partial charge in [-0.25, -0.2) is 13.1 Å². The summed E-state index contributed by atoms with van der Waals surface area (Å²) < 4.78 is 31.0. The number of esters is 1. The summed E-state index contributed by atoms with van der Waals surface area (Å²) in [5.74, 6) is 0.842. The van der Waals surface area contributed by atoms with Crippen LogP contribution in [0.3, 0.4) is 0 Å². The highest BCUT2D eigenvalue weighted by Gasteiger charge is 2.27. The Labute approximate surface area is 116 Å². The van der Waals surface area contributed by atoms with Gasteiger partial charge in [0.2, 0.25) is 10.0 Å². The summed E-state index contributed by atoms with van der Waals surface area (Å²) in [5.41, 5.74) is 0. The summed E-state index contributed by atoms with van der Waals surface area (Å²) in [6, 6.07) is 0.0503.